The molecular formula is C25H24O6. The standard InChI is InChI=1S/C25H24O6/c1-28-21-13-15-22(16-14-21)29-17-5-8-24(26)31-23-11-9-20(10-12-23)25(27)30-18-19-6-3-2-4-7-19/h2-4,6-7,9-16H,5,8,17-18H2,1H3. The molecule has 0 spiro atoms. The number of rotatable bonds is 10. The fourth-order valence-corrected chi connectivity index (χ4v) is 2.73. The van der Waals surface area contributed by atoms with Crippen LogP contribution in [0.1, 0.15) is 28.8 Å². The van der Waals surface area contributed by atoms with Crippen LogP contribution in [0, 0.1) is 0 Å². The summed E-state index contributed by atoms with van der Waals surface area (Å²) < 4.78 is 21.3. The third kappa shape index (κ3) is 7.19. The lowest BCUT2D eigenvalue weighted by atomic mass is 10.2. The second-order valence-electron chi connectivity index (χ2n) is 6.69. The minimum absolute atomic E-state index is 0.203. The van der Waals surface area contributed by atoms with E-state index in [2.05, 4.69) is 0 Å². The molecule has 0 bridgehead atoms. The quantitative estimate of drug-likeness (QED) is 0.266. The lowest BCUT2D eigenvalue weighted by molar-refractivity contribution is -0.134. The van der Waals surface area contributed by atoms with E-state index in [1.165, 1.54) is 0 Å². The second kappa shape index (κ2) is 11.4. The summed E-state index contributed by atoms with van der Waals surface area (Å²) in [4.78, 5) is 24.1. The molecule has 0 atom stereocenters. The summed E-state index contributed by atoms with van der Waals surface area (Å²) in [5.74, 6) is 1.05. The van der Waals surface area contributed by atoms with Crippen LogP contribution in [-0.4, -0.2) is 25.7 Å². The molecule has 0 aromatic heterocycles. The van der Waals surface area contributed by atoms with Gasteiger partial charge < -0.3 is 18.9 Å². The normalized spacial score (nSPS) is 10.2. The van der Waals surface area contributed by atoms with E-state index >= 15 is 0 Å². The largest absolute Gasteiger partial charge is 0.497 e. The Bertz CT molecular complexity index is 965. The highest BCUT2D eigenvalue weighted by Crippen LogP contribution is 2.18. The highest BCUT2D eigenvalue weighted by Gasteiger charge is 2.10. The minimum atomic E-state index is -0.433. The van der Waals surface area contributed by atoms with Crippen LogP contribution >= 0.6 is 0 Å². The number of hydrogen-bond acceptors (Lipinski definition) is 6. The maximum Gasteiger partial charge on any atom is 0.338 e. The average molecular weight is 420 g/mol. The zero-order valence-electron chi connectivity index (χ0n) is 17.3. The van der Waals surface area contributed by atoms with Gasteiger partial charge in [0.1, 0.15) is 23.9 Å². The van der Waals surface area contributed by atoms with Gasteiger partial charge in [-0.25, -0.2) is 4.79 Å². The van der Waals surface area contributed by atoms with E-state index in [9.17, 15) is 9.59 Å². The van der Waals surface area contributed by atoms with Crippen molar-refractivity contribution in [2.45, 2.75) is 19.4 Å². The Morgan fingerprint density at radius 1 is 0.774 bits per heavy atom. The van der Waals surface area contributed by atoms with E-state index < -0.39 is 5.97 Å². The molecule has 3 aromatic carbocycles. The monoisotopic (exact) mass is 420 g/mol. The van der Waals surface area contributed by atoms with Crippen LogP contribution in [0.15, 0.2) is 78.9 Å². The summed E-state index contributed by atoms with van der Waals surface area (Å²) in [7, 11) is 1.60. The summed E-state index contributed by atoms with van der Waals surface area (Å²) in [5, 5.41) is 0. The van der Waals surface area contributed by atoms with E-state index in [-0.39, 0.29) is 19.0 Å². The number of carbonyl (C=O) groups excluding carboxylic acids is 2. The molecule has 0 radical (unpaired) electrons. The molecule has 0 amide bonds. The molecule has 0 fully saturated rings. The van der Waals surface area contributed by atoms with Crippen molar-refractivity contribution in [1.29, 1.82) is 0 Å². The first kappa shape index (κ1) is 21.9. The molecule has 6 heteroatoms. The average Bonchev–Trinajstić information content (AvgIpc) is 2.82. The fraction of sp³-hybridized carbons (Fsp3) is 0.200. The first-order valence-electron chi connectivity index (χ1n) is 9.92. The molecule has 0 heterocycles. The minimum Gasteiger partial charge on any atom is -0.497 e. The van der Waals surface area contributed by atoms with Crippen molar-refractivity contribution < 1.29 is 28.5 Å². The molecule has 0 saturated heterocycles. The van der Waals surface area contributed by atoms with Gasteiger partial charge in [0, 0.05) is 6.42 Å². The van der Waals surface area contributed by atoms with E-state index in [1.54, 1.807) is 31.4 Å². The molecular weight excluding hydrogens is 396 g/mol. The Kier molecular flexibility index (Phi) is 8.05. The van der Waals surface area contributed by atoms with Gasteiger partial charge in [0.15, 0.2) is 0 Å². The third-order valence-electron chi connectivity index (χ3n) is 4.39. The molecule has 0 unspecified atom stereocenters. The smallest absolute Gasteiger partial charge is 0.338 e. The summed E-state index contributed by atoms with van der Waals surface area (Å²) in [6, 6.07) is 23.0. The van der Waals surface area contributed by atoms with Gasteiger partial charge in [-0.3, -0.25) is 4.79 Å². The van der Waals surface area contributed by atoms with Crippen molar-refractivity contribution in [2.24, 2.45) is 0 Å². The van der Waals surface area contributed by atoms with Gasteiger partial charge in [-0.05, 0) is 60.5 Å². The van der Waals surface area contributed by atoms with Crippen molar-refractivity contribution in [2.75, 3.05) is 13.7 Å². The zero-order chi connectivity index (χ0) is 21.9. The van der Waals surface area contributed by atoms with Crippen LogP contribution in [-0.2, 0) is 16.1 Å². The molecule has 0 aliphatic rings. The summed E-state index contributed by atoms with van der Waals surface area (Å²) >= 11 is 0. The van der Waals surface area contributed by atoms with E-state index in [0.29, 0.717) is 30.1 Å². The second-order valence-corrected chi connectivity index (χ2v) is 6.69. The van der Waals surface area contributed by atoms with Gasteiger partial charge in [0.2, 0.25) is 0 Å². The lowest BCUT2D eigenvalue weighted by Crippen LogP contribution is -2.10. The SMILES string of the molecule is COc1ccc(OCCCC(=O)Oc2ccc(C(=O)OCc3ccccc3)cc2)cc1. The van der Waals surface area contributed by atoms with Crippen LogP contribution < -0.4 is 14.2 Å². The first-order valence-corrected chi connectivity index (χ1v) is 9.92. The van der Waals surface area contributed by atoms with E-state index in [0.717, 1.165) is 11.3 Å². The Labute approximate surface area is 181 Å². The molecule has 3 rings (SSSR count). The van der Waals surface area contributed by atoms with Crippen LogP contribution in [0.4, 0.5) is 0 Å². The Morgan fingerprint density at radius 2 is 1.42 bits per heavy atom. The highest BCUT2D eigenvalue weighted by molar-refractivity contribution is 5.89. The summed E-state index contributed by atoms with van der Waals surface area (Å²) in [5.41, 5.74) is 1.31. The van der Waals surface area contributed by atoms with Gasteiger partial charge in [-0.15, -0.1) is 0 Å². The van der Waals surface area contributed by atoms with Crippen molar-refractivity contribution in [3.05, 3.63) is 90.0 Å². The van der Waals surface area contributed by atoms with Crippen molar-refractivity contribution >= 4 is 11.9 Å². The molecule has 0 saturated carbocycles. The maximum atomic E-state index is 12.1. The number of benzene rings is 3. The molecule has 3 aromatic rings. The Balaban J connectivity index is 1.37. The van der Waals surface area contributed by atoms with E-state index in [4.69, 9.17) is 18.9 Å². The van der Waals surface area contributed by atoms with Crippen LogP contribution in [0.5, 0.6) is 17.2 Å². The molecule has 0 aliphatic heterocycles. The number of esters is 2. The maximum absolute atomic E-state index is 12.1. The molecule has 160 valence electrons. The van der Waals surface area contributed by atoms with Crippen LogP contribution in [0.3, 0.4) is 0 Å². The van der Waals surface area contributed by atoms with Gasteiger partial charge in [-0.1, -0.05) is 30.3 Å². The summed E-state index contributed by atoms with van der Waals surface area (Å²) in [6.45, 7) is 0.600. The zero-order valence-corrected chi connectivity index (χ0v) is 17.3. The molecule has 0 N–H and O–H groups in total. The number of hydrogen-bond donors (Lipinski definition) is 0. The fourth-order valence-electron chi connectivity index (χ4n) is 2.73. The van der Waals surface area contributed by atoms with Crippen molar-refractivity contribution in [3.63, 3.8) is 0 Å². The van der Waals surface area contributed by atoms with Crippen molar-refractivity contribution in [3.8, 4) is 17.2 Å². The third-order valence-corrected chi connectivity index (χ3v) is 4.39. The molecule has 0 aliphatic carbocycles. The van der Waals surface area contributed by atoms with Gasteiger partial charge >= 0.3 is 11.9 Å². The Morgan fingerprint density at radius 3 is 2.10 bits per heavy atom. The topological polar surface area (TPSA) is 71.1 Å². The van der Waals surface area contributed by atoms with Crippen LogP contribution in [0.2, 0.25) is 0 Å². The Hall–Kier alpha value is -3.80. The van der Waals surface area contributed by atoms with Gasteiger partial charge in [0.25, 0.3) is 0 Å². The number of carbonyl (C=O) groups is 2. The number of ether oxygens (including phenoxy) is 4. The molecule has 6 nitrogen and oxygen atoms in total. The summed E-state index contributed by atoms with van der Waals surface area (Å²) in [6.07, 6.45) is 0.742. The van der Waals surface area contributed by atoms with Crippen LogP contribution in [0.25, 0.3) is 0 Å². The highest BCUT2D eigenvalue weighted by atomic mass is 16.5. The van der Waals surface area contributed by atoms with E-state index in [1.807, 2.05) is 54.6 Å². The van der Waals surface area contributed by atoms with Gasteiger partial charge in [-0.2, -0.15) is 0 Å². The van der Waals surface area contributed by atoms with Gasteiger partial charge in [0.05, 0.1) is 19.3 Å². The number of methoxy groups -OCH3 is 1. The first-order chi connectivity index (χ1) is 15.1. The van der Waals surface area contributed by atoms with Crippen molar-refractivity contribution in [1.82, 2.24) is 0 Å². The molecule has 31 heavy (non-hydrogen) atoms. The lowest BCUT2D eigenvalue weighted by Gasteiger charge is -2.08. The predicted molar refractivity (Wildman–Crippen MR) is 115 cm³/mol. The predicted octanol–water partition coefficient (Wildman–Crippen LogP) is 4.82.